The molecule has 1 radical (unpaired) electrons. The monoisotopic (exact) mass is 884 g/mol. The molecular weight excluding hydrogens is 843 g/mol. The summed E-state index contributed by atoms with van der Waals surface area (Å²) < 4.78 is 9.01. The van der Waals surface area contributed by atoms with Gasteiger partial charge in [0.1, 0.15) is 5.58 Å². The summed E-state index contributed by atoms with van der Waals surface area (Å²) in [5.41, 5.74) is 10.4. The maximum absolute atomic E-state index is 6.64. The fourth-order valence-corrected chi connectivity index (χ4v) is 8.88. The van der Waals surface area contributed by atoms with Gasteiger partial charge in [0.15, 0.2) is 0 Å². The summed E-state index contributed by atoms with van der Waals surface area (Å²) in [6.45, 7) is 11.8. The summed E-state index contributed by atoms with van der Waals surface area (Å²) in [5, 5.41) is 6.12. The minimum Gasteiger partial charge on any atom is -0.501 e. The van der Waals surface area contributed by atoms with Crippen LogP contribution in [0.15, 0.2) is 144 Å². The molecule has 0 amide bonds. The summed E-state index contributed by atoms with van der Waals surface area (Å²) in [6, 6.07) is 50.5. The third kappa shape index (κ3) is 7.03. The van der Waals surface area contributed by atoms with Crippen molar-refractivity contribution in [1.29, 1.82) is 0 Å². The first-order valence-electron chi connectivity index (χ1n) is 18.0. The molecule has 0 fully saturated rings. The van der Waals surface area contributed by atoms with Crippen LogP contribution in [0.25, 0.3) is 71.9 Å². The molecule has 53 heavy (non-hydrogen) atoms. The molecule has 0 aliphatic carbocycles. The number of benzene rings is 5. The van der Waals surface area contributed by atoms with E-state index in [9.17, 15) is 0 Å². The van der Waals surface area contributed by atoms with Gasteiger partial charge < -0.3 is 19.0 Å². The quantitative estimate of drug-likeness (QED) is 0.123. The van der Waals surface area contributed by atoms with Crippen LogP contribution < -0.4 is 5.19 Å². The van der Waals surface area contributed by atoms with E-state index >= 15 is 0 Å². The van der Waals surface area contributed by atoms with Gasteiger partial charge in [-0.15, -0.1) is 48.0 Å². The van der Waals surface area contributed by atoms with Gasteiger partial charge in [-0.3, -0.25) is 0 Å². The Hall–Kier alpha value is -5.13. The predicted octanol–water partition coefficient (Wildman–Crippen LogP) is 11.8. The second kappa shape index (κ2) is 15.1. The molecule has 0 bridgehead atoms. The Balaban J connectivity index is 0.000000284. The summed E-state index contributed by atoms with van der Waals surface area (Å²) in [5.74, 6) is 0.568. The van der Waals surface area contributed by atoms with E-state index in [0.717, 1.165) is 56.6 Å². The number of fused-ring (bicyclic) bond motifs is 6. The van der Waals surface area contributed by atoms with Gasteiger partial charge in [-0.2, -0.15) is 0 Å². The molecule has 9 aromatic rings. The Kier molecular flexibility index (Phi) is 10.3. The summed E-state index contributed by atoms with van der Waals surface area (Å²) in [7, 11) is -1.55. The number of hydrogen-bond acceptors (Lipinski definition) is 3. The topological polar surface area (TPSA) is 43.9 Å². The number of aromatic nitrogens is 3. The van der Waals surface area contributed by atoms with Crippen molar-refractivity contribution < 1.29 is 24.5 Å². The molecule has 0 saturated carbocycles. The number of pyridine rings is 2. The molecule has 0 saturated heterocycles. The van der Waals surface area contributed by atoms with Gasteiger partial charge in [-0.05, 0) is 64.3 Å². The summed E-state index contributed by atoms with van der Waals surface area (Å²) in [4.78, 5) is 9.25. The molecule has 6 heteroatoms. The van der Waals surface area contributed by atoms with Crippen LogP contribution in [0.2, 0.25) is 19.6 Å². The van der Waals surface area contributed by atoms with Crippen molar-refractivity contribution in [2.45, 2.75) is 39.9 Å². The normalized spacial score (nSPS) is 11.6. The average molecular weight is 884 g/mol. The molecule has 265 valence electrons. The molecule has 0 atom stereocenters. The molecule has 0 spiro atoms. The average Bonchev–Trinajstić information content (AvgIpc) is 3.72. The fourth-order valence-electron chi connectivity index (χ4n) is 7.30. The van der Waals surface area contributed by atoms with Gasteiger partial charge in [0, 0.05) is 59.7 Å². The van der Waals surface area contributed by atoms with Crippen LogP contribution in [-0.2, 0) is 26.5 Å². The van der Waals surface area contributed by atoms with Gasteiger partial charge >= 0.3 is 0 Å². The maximum Gasteiger partial charge on any atom is 0.121 e. The molecule has 9 rings (SSSR count). The van der Waals surface area contributed by atoms with Gasteiger partial charge in [0.2, 0.25) is 0 Å². The van der Waals surface area contributed by atoms with Gasteiger partial charge in [-0.1, -0.05) is 117 Å². The maximum atomic E-state index is 6.64. The first kappa shape index (κ1) is 36.2. The van der Waals surface area contributed by atoms with E-state index in [0.29, 0.717) is 5.92 Å². The molecule has 4 nitrogen and oxygen atoms in total. The Morgan fingerprint density at radius 3 is 2.02 bits per heavy atom. The first-order valence-corrected chi connectivity index (χ1v) is 21.5. The van der Waals surface area contributed by atoms with Crippen molar-refractivity contribution in [3.8, 4) is 28.2 Å². The second-order valence-electron chi connectivity index (χ2n) is 14.8. The Morgan fingerprint density at radius 1 is 0.717 bits per heavy atom. The van der Waals surface area contributed by atoms with E-state index in [-0.39, 0.29) is 20.1 Å². The molecule has 0 unspecified atom stereocenters. The molecule has 0 aliphatic rings. The molecule has 5 aromatic carbocycles. The van der Waals surface area contributed by atoms with E-state index in [2.05, 4.69) is 140 Å². The number of nitrogens with zero attached hydrogens (tertiary/aromatic N) is 3. The van der Waals surface area contributed by atoms with E-state index in [1.165, 1.54) is 32.6 Å². The predicted molar refractivity (Wildman–Crippen MR) is 220 cm³/mol. The van der Waals surface area contributed by atoms with E-state index in [1.54, 1.807) is 6.20 Å². The van der Waals surface area contributed by atoms with Gasteiger partial charge in [0.05, 0.1) is 13.7 Å². The smallest absolute Gasteiger partial charge is 0.121 e. The van der Waals surface area contributed by atoms with Crippen LogP contribution in [0.4, 0.5) is 0 Å². The SMILES string of the molecule is CC(C)Cc1cc(-c2[c-]cc(-n3c4ccccc4c4ccccc43)c3c2oc2ccccc23)ncc1[Si](C)(C)C.[Ir].[c-]1ccccc1-c1ccccn1. The van der Waals surface area contributed by atoms with E-state index in [4.69, 9.17) is 9.40 Å². The Labute approximate surface area is 325 Å². The first-order chi connectivity index (χ1) is 25.3. The zero-order valence-electron chi connectivity index (χ0n) is 30.6. The van der Waals surface area contributed by atoms with Crippen LogP contribution in [-0.4, -0.2) is 22.6 Å². The van der Waals surface area contributed by atoms with Crippen LogP contribution in [0.3, 0.4) is 0 Å². The van der Waals surface area contributed by atoms with E-state index in [1.807, 2.05) is 48.5 Å². The minimum atomic E-state index is -1.55. The summed E-state index contributed by atoms with van der Waals surface area (Å²) in [6.07, 6.45) is 4.95. The largest absolute Gasteiger partial charge is 0.501 e. The minimum absolute atomic E-state index is 0. The number of furan rings is 1. The van der Waals surface area contributed by atoms with Crippen LogP contribution in [0.1, 0.15) is 19.4 Å². The second-order valence-corrected chi connectivity index (χ2v) is 19.8. The van der Waals surface area contributed by atoms with Gasteiger partial charge in [-0.25, -0.2) is 0 Å². The van der Waals surface area contributed by atoms with Crippen molar-refractivity contribution in [2.24, 2.45) is 5.92 Å². The molecule has 4 heterocycles. The Morgan fingerprint density at radius 2 is 1.38 bits per heavy atom. The van der Waals surface area contributed by atoms with Crippen molar-refractivity contribution >= 4 is 57.0 Å². The zero-order chi connectivity index (χ0) is 35.8. The number of hydrogen-bond donors (Lipinski definition) is 0. The third-order valence-corrected chi connectivity index (χ3v) is 11.7. The Bertz CT molecular complexity index is 2580. The van der Waals surface area contributed by atoms with Crippen molar-refractivity contribution in [1.82, 2.24) is 14.5 Å². The zero-order valence-corrected chi connectivity index (χ0v) is 34.0. The van der Waals surface area contributed by atoms with Gasteiger partial charge in [0.25, 0.3) is 0 Å². The number of rotatable bonds is 6. The van der Waals surface area contributed by atoms with Crippen LogP contribution in [0.5, 0.6) is 0 Å². The molecular formula is C47H41IrN3OSi-2. The molecule has 0 N–H and O–H groups in total. The summed E-state index contributed by atoms with van der Waals surface area (Å²) >= 11 is 0. The molecule has 0 aliphatic heterocycles. The van der Waals surface area contributed by atoms with E-state index < -0.39 is 8.07 Å². The fraction of sp³-hybridized carbons (Fsp3) is 0.149. The van der Waals surface area contributed by atoms with Crippen LogP contribution in [0, 0.1) is 18.1 Å². The van der Waals surface area contributed by atoms with Crippen LogP contribution >= 0.6 is 0 Å². The third-order valence-electron chi connectivity index (χ3n) is 9.58. The van der Waals surface area contributed by atoms with Crippen molar-refractivity contribution in [3.05, 3.63) is 157 Å². The number of para-hydroxylation sites is 3. The van der Waals surface area contributed by atoms with Crippen molar-refractivity contribution in [3.63, 3.8) is 0 Å². The van der Waals surface area contributed by atoms with Crippen molar-refractivity contribution in [2.75, 3.05) is 0 Å². The standard InChI is InChI=1S/C36H33N2OSi.C11H8N.Ir/c1-23(2)20-24-21-29(37-22-34(24)40(3,4)5)27-18-19-32(35-28-14-8-11-17-33(28)39-36(27)35)38-30-15-9-6-12-25(30)26-13-7-10-16-31(26)38;1-2-6-10(7-3-1)11-8-4-5-9-12-11;/h6-17,19,21-23H,20H2,1-5H3;1-6,8-9H;/q2*-1;. The molecule has 4 aromatic heterocycles.